The van der Waals surface area contributed by atoms with Crippen LogP contribution >= 0.6 is 22.9 Å². The van der Waals surface area contributed by atoms with Crippen LogP contribution in [0.25, 0.3) is 0 Å². The molecule has 0 aromatic heterocycles. The summed E-state index contributed by atoms with van der Waals surface area (Å²) in [6.07, 6.45) is 5.03. The molecule has 0 saturated carbocycles. The first-order valence-corrected chi connectivity index (χ1v) is 8.26. The van der Waals surface area contributed by atoms with Crippen molar-refractivity contribution in [3.63, 3.8) is 0 Å². The summed E-state index contributed by atoms with van der Waals surface area (Å²) in [4.78, 5) is 2.37. The summed E-state index contributed by atoms with van der Waals surface area (Å²) in [6, 6.07) is 0. The largest absolute Gasteiger partial charge is 0.372 e. The van der Waals surface area contributed by atoms with Gasteiger partial charge in [0.15, 0.2) is 0 Å². The van der Waals surface area contributed by atoms with Gasteiger partial charge in [-0.05, 0) is 24.3 Å². The lowest BCUT2D eigenvalue weighted by Gasteiger charge is -2.47. The number of nitrogens with one attached hydrogen (secondary N) is 2. The fourth-order valence-corrected chi connectivity index (χ4v) is 4.97. The molecule has 0 atom stereocenters. The van der Waals surface area contributed by atoms with Crippen molar-refractivity contribution in [2.24, 2.45) is 10.8 Å². The molecule has 19 heavy (non-hydrogen) atoms. The molecule has 3 rings (SSSR count). The first-order chi connectivity index (χ1) is 9.00. The van der Waals surface area contributed by atoms with Crippen molar-refractivity contribution in [2.45, 2.75) is 19.8 Å². The predicted octanol–water partition coefficient (Wildman–Crippen LogP) is 1.40. The van der Waals surface area contributed by atoms with Crippen LogP contribution in [0.5, 0.6) is 0 Å². The topological polar surface area (TPSA) is 30.5 Å². The van der Waals surface area contributed by atoms with Gasteiger partial charge in [0, 0.05) is 74.6 Å². The molecule has 1 spiro atoms. The normalized spacial score (nSPS) is 28.6. The molecule has 0 unspecified atom stereocenters. The number of hydrogen-bond acceptors (Lipinski definition) is 4. The van der Waals surface area contributed by atoms with Crippen LogP contribution in [0.3, 0.4) is 0 Å². The van der Waals surface area contributed by atoms with E-state index in [1.54, 1.807) is 0 Å². The minimum atomic E-state index is 0.453. The van der Waals surface area contributed by atoms with E-state index in [0.717, 1.165) is 19.6 Å². The summed E-state index contributed by atoms with van der Waals surface area (Å²) in [5, 5.41) is 7.09. The zero-order valence-corrected chi connectivity index (χ0v) is 14.2. The van der Waals surface area contributed by atoms with Gasteiger partial charge in [0.2, 0.25) is 0 Å². The van der Waals surface area contributed by atoms with E-state index in [9.17, 15) is 0 Å². The van der Waals surface area contributed by atoms with Crippen LogP contribution in [0.4, 0.5) is 0 Å². The Morgan fingerprint density at radius 2 is 2.16 bits per heavy atom. The summed E-state index contributed by atoms with van der Waals surface area (Å²) in [5.74, 6) is 1.35. The van der Waals surface area contributed by atoms with Gasteiger partial charge in [-0.2, -0.15) is 0 Å². The summed E-state index contributed by atoms with van der Waals surface area (Å²) < 4.78 is 2.37. The number of rotatable bonds is 4. The number of nitrogens with zero attached hydrogens (tertiary/aromatic N) is 2. The molecular weight excluding hydrogens is 351 g/mol. The average molecular weight is 376 g/mol. The second kappa shape index (κ2) is 5.07. The first kappa shape index (κ1) is 13.9. The molecule has 108 valence electrons. The monoisotopic (exact) mass is 376 g/mol. The lowest BCUT2D eigenvalue weighted by Crippen LogP contribution is -2.56. The second-order valence-corrected chi connectivity index (χ2v) is 8.30. The Balaban J connectivity index is 1.51. The zero-order valence-electron chi connectivity index (χ0n) is 12.0. The van der Waals surface area contributed by atoms with Gasteiger partial charge in [-0.25, -0.2) is 3.11 Å². The molecule has 0 aromatic carbocycles. The van der Waals surface area contributed by atoms with Gasteiger partial charge >= 0.3 is 0 Å². The fourth-order valence-electron chi connectivity index (χ4n) is 3.33. The van der Waals surface area contributed by atoms with Crippen molar-refractivity contribution in [3.05, 3.63) is 11.9 Å². The van der Waals surface area contributed by atoms with Crippen molar-refractivity contribution in [1.29, 1.82) is 0 Å². The molecule has 0 radical (unpaired) electrons. The third-order valence-corrected chi connectivity index (χ3v) is 5.58. The smallest absolute Gasteiger partial charge is 0.0975 e. The van der Waals surface area contributed by atoms with Crippen LogP contribution in [0.2, 0.25) is 0 Å². The molecule has 0 aliphatic carbocycles. The molecule has 2 N–H and O–H groups in total. The van der Waals surface area contributed by atoms with Crippen molar-refractivity contribution < 1.29 is 0 Å². The number of halogens is 1. The minimum absolute atomic E-state index is 0.453. The summed E-state index contributed by atoms with van der Waals surface area (Å²) in [6.45, 7) is 9.47. The first-order valence-electron chi connectivity index (χ1n) is 7.30. The highest BCUT2D eigenvalue weighted by Gasteiger charge is 2.39. The molecule has 0 bridgehead atoms. The fraction of sp³-hybridized carbons (Fsp3) is 0.857. The molecular formula is C14H25IN4. The lowest BCUT2D eigenvalue weighted by molar-refractivity contribution is 0.105. The molecule has 3 aliphatic rings. The Labute approximate surface area is 130 Å². The lowest BCUT2D eigenvalue weighted by atomic mass is 9.76. The average Bonchev–Trinajstić information content (AvgIpc) is 2.28. The van der Waals surface area contributed by atoms with E-state index < -0.39 is 0 Å². The molecule has 0 amide bonds. The Morgan fingerprint density at radius 1 is 1.42 bits per heavy atom. The van der Waals surface area contributed by atoms with Gasteiger partial charge < -0.3 is 15.5 Å². The van der Waals surface area contributed by atoms with Crippen molar-refractivity contribution in [2.75, 3.05) is 46.3 Å². The van der Waals surface area contributed by atoms with Crippen molar-refractivity contribution in [3.8, 4) is 0 Å². The van der Waals surface area contributed by atoms with Gasteiger partial charge in [-0.3, -0.25) is 0 Å². The Kier molecular flexibility index (Phi) is 3.73. The van der Waals surface area contributed by atoms with Crippen LogP contribution in [0.15, 0.2) is 11.9 Å². The van der Waals surface area contributed by atoms with Crippen LogP contribution < -0.4 is 10.6 Å². The molecule has 3 aliphatic heterocycles. The second-order valence-electron chi connectivity index (χ2n) is 6.93. The molecule has 4 nitrogen and oxygen atoms in total. The van der Waals surface area contributed by atoms with Crippen LogP contribution in [0.1, 0.15) is 19.8 Å². The maximum atomic E-state index is 3.67. The third kappa shape index (κ3) is 2.88. The highest BCUT2D eigenvalue weighted by Crippen LogP contribution is 2.36. The summed E-state index contributed by atoms with van der Waals surface area (Å²) >= 11 is 2.42. The van der Waals surface area contributed by atoms with E-state index in [1.807, 2.05) is 0 Å². The van der Waals surface area contributed by atoms with E-state index in [4.69, 9.17) is 0 Å². The zero-order chi connectivity index (χ0) is 13.5. The van der Waals surface area contributed by atoms with Crippen LogP contribution in [-0.4, -0.2) is 54.3 Å². The van der Waals surface area contributed by atoms with E-state index in [1.165, 1.54) is 38.3 Å². The summed E-state index contributed by atoms with van der Waals surface area (Å²) in [7, 11) is 2.20. The molecule has 5 heteroatoms. The highest BCUT2D eigenvalue weighted by molar-refractivity contribution is 14.1. The quantitative estimate of drug-likeness (QED) is 0.574. The number of hydrogen-bond donors (Lipinski definition) is 2. The van der Waals surface area contributed by atoms with Crippen LogP contribution in [0, 0.1) is 10.8 Å². The molecule has 3 heterocycles. The standard InChI is InChI=1S/C14H25IN4/c1-13(10-19(15)11-13)3-5-17-12-7-14(8-16-9-14)4-6-18(12)2/h7,16-17H,3-6,8-11H2,1-2H3. The van der Waals surface area contributed by atoms with E-state index in [0.29, 0.717) is 10.8 Å². The van der Waals surface area contributed by atoms with E-state index in [2.05, 4.69) is 61.6 Å². The SMILES string of the molecule is CN1CCC2(C=C1NCCC1(C)CN(I)C1)CNC2. The van der Waals surface area contributed by atoms with Crippen molar-refractivity contribution >= 4 is 22.9 Å². The van der Waals surface area contributed by atoms with Crippen molar-refractivity contribution in [1.82, 2.24) is 18.6 Å². The summed E-state index contributed by atoms with van der Waals surface area (Å²) in [5.41, 5.74) is 0.978. The third-order valence-electron chi connectivity index (χ3n) is 4.89. The van der Waals surface area contributed by atoms with Gasteiger partial charge in [-0.1, -0.05) is 6.92 Å². The van der Waals surface area contributed by atoms with Gasteiger partial charge in [0.25, 0.3) is 0 Å². The highest BCUT2D eigenvalue weighted by atomic mass is 127. The molecule has 0 aromatic rings. The van der Waals surface area contributed by atoms with E-state index >= 15 is 0 Å². The Morgan fingerprint density at radius 3 is 2.74 bits per heavy atom. The molecule has 2 saturated heterocycles. The van der Waals surface area contributed by atoms with Gasteiger partial charge in [0.1, 0.15) is 0 Å². The van der Waals surface area contributed by atoms with Crippen LogP contribution in [-0.2, 0) is 0 Å². The van der Waals surface area contributed by atoms with Gasteiger partial charge in [-0.15, -0.1) is 0 Å². The molecule has 2 fully saturated rings. The maximum absolute atomic E-state index is 3.67. The maximum Gasteiger partial charge on any atom is 0.0975 e. The minimum Gasteiger partial charge on any atom is -0.372 e. The van der Waals surface area contributed by atoms with Gasteiger partial charge in [0.05, 0.1) is 5.82 Å². The van der Waals surface area contributed by atoms with E-state index in [-0.39, 0.29) is 0 Å². The Hall–Kier alpha value is -0.0100. The predicted molar refractivity (Wildman–Crippen MR) is 87.0 cm³/mol. The Bertz CT molecular complexity index is 372.